The number of benzene rings is 1. The minimum atomic E-state index is 0.407. The van der Waals surface area contributed by atoms with Crippen LogP contribution >= 0.6 is 11.8 Å². The fourth-order valence-electron chi connectivity index (χ4n) is 2.44. The van der Waals surface area contributed by atoms with Gasteiger partial charge in [0, 0.05) is 24.4 Å². The van der Waals surface area contributed by atoms with Crippen LogP contribution < -0.4 is 4.90 Å². The van der Waals surface area contributed by atoms with Gasteiger partial charge in [-0.1, -0.05) is 17.8 Å². The van der Waals surface area contributed by atoms with Gasteiger partial charge in [0.2, 0.25) is 0 Å². The zero-order chi connectivity index (χ0) is 15.6. The molecule has 1 aliphatic rings. The second kappa shape index (κ2) is 5.94. The van der Waals surface area contributed by atoms with Crippen molar-refractivity contribution in [2.75, 3.05) is 18.7 Å². The Morgan fingerprint density at radius 1 is 1.22 bits per heavy atom. The Morgan fingerprint density at radius 2 is 2.13 bits per heavy atom. The first-order valence-corrected chi connectivity index (χ1v) is 7.76. The molecule has 0 unspecified atom stereocenters. The molecule has 0 saturated heterocycles. The van der Waals surface area contributed by atoms with Crippen molar-refractivity contribution in [2.24, 2.45) is 0 Å². The van der Waals surface area contributed by atoms with E-state index in [2.05, 4.69) is 43.6 Å². The van der Waals surface area contributed by atoms with Crippen LogP contribution in [0.2, 0.25) is 0 Å². The van der Waals surface area contributed by atoms with Gasteiger partial charge in [0.15, 0.2) is 12.1 Å². The van der Waals surface area contributed by atoms with Crippen molar-refractivity contribution in [3.63, 3.8) is 0 Å². The molecule has 1 aliphatic heterocycles. The molecule has 0 atom stereocenters. The Kier molecular flexibility index (Phi) is 3.64. The molecule has 0 spiro atoms. The third-order valence-corrected chi connectivity index (χ3v) is 4.44. The van der Waals surface area contributed by atoms with Crippen molar-refractivity contribution >= 4 is 23.3 Å². The van der Waals surface area contributed by atoms with Crippen LogP contribution in [0.1, 0.15) is 5.56 Å². The van der Waals surface area contributed by atoms with E-state index in [4.69, 9.17) is 4.74 Å². The topological polar surface area (TPSA) is 81.9 Å². The second-order valence-corrected chi connectivity index (χ2v) is 5.93. The highest BCUT2D eigenvalue weighted by Gasteiger charge is 2.25. The lowest BCUT2D eigenvalue weighted by Gasteiger charge is -2.30. The SMILES string of the molecule is COCN1c2cc(Cn3ncnn3)ccc2Sc2nccnc21. The third kappa shape index (κ3) is 2.64. The molecule has 116 valence electrons. The van der Waals surface area contributed by atoms with E-state index in [1.165, 1.54) is 6.33 Å². The van der Waals surface area contributed by atoms with Crippen LogP contribution in [0.5, 0.6) is 0 Å². The van der Waals surface area contributed by atoms with Crippen molar-refractivity contribution < 1.29 is 4.74 Å². The van der Waals surface area contributed by atoms with Crippen LogP contribution in [0, 0.1) is 0 Å². The monoisotopic (exact) mass is 327 g/mol. The maximum Gasteiger partial charge on any atom is 0.168 e. The largest absolute Gasteiger partial charge is 0.364 e. The minimum Gasteiger partial charge on any atom is -0.364 e. The zero-order valence-corrected chi connectivity index (χ0v) is 13.1. The van der Waals surface area contributed by atoms with E-state index in [1.54, 1.807) is 36.1 Å². The Morgan fingerprint density at radius 3 is 2.96 bits per heavy atom. The van der Waals surface area contributed by atoms with Gasteiger partial charge >= 0.3 is 0 Å². The Labute approximate surface area is 136 Å². The summed E-state index contributed by atoms with van der Waals surface area (Å²) in [7, 11) is 1.67. The van der Waals surface area contributed by atoms with Gasteiger partial charge in [-0.25, -0.2) is 9.97 Å². The van der Waals surface area contributed by atoms with Crippen LogP contribution in [0.4, 0.5) is 11.5 Å². The van der Waals surface area contributed by atoms with Crippen molar-refractivity contribution in [3.05, 3.63) is 42.5 Å². The maximum absolute atomic E-state index is 5.35. The Bertz CT molecular complexity index is 824. The van der Waals surface area contributed by atoms with E-state index in [0.29, 0.717) is 13.3 Å². The summed E-state index contributed by atoms with van der Waals surface area (Å²) in [6.07, 6.45) is 4.82. The molecular weight excluding hydrogens is 314 g/mol. The van der Waals surface area contributed by atoms with E-state index < -0.39 is 0 Å². The number of rotatable bonds is 4. The van der Waals surface area contributed by atoms with Crippen molar-refractivity contribution in [1.29, 1.82) is 0 Å². The summed E-state index contributed by atoms with van der Waals surface area (Å²) in [5.41, 5.74) is 2.12. The molecule has 0 radical (unpaired) electrons. The van der Waals surface area contributed by atoms with Gasteiger partial charge in [-0.15, -0.1) is 10.2 Å². The smallest absolute Gasteiger partial charge is 0.168 e. The molecule has 0 aliphatic carbocycles. The standard InChI is InChI=1S/C14H13N7OS/c1-22-9-20-11-6-10(7-21-18-8-17-19-21)2-3-12(11)23-14-13(20)15-4-5-16-14/h2-6,8H,7,9H2,1H3. The van der Waals surface area contributed by atoms with Crippen molar-refractivity contribution in [2.45, 2.75) is 16.5 Å². The molecule has 0 amide bonds. The van der Waals surface area contributed by atoms with Crippen LogP contribution in [-0.2, 0) is 11.3 Å². The molecule has 0 N–H and O–H groups in total. The summed E-state index contributed by atoms with van der Waals surface area (Å²) < 4.78 is 5.35. The van der Waals surface area contributed by atoms with Crippen molar-refractivity contribution in [3.8, 4) is 0 Å². The van der Waals surface area contributed by atoms with E-state index in [1.807, 2.05) is 4.90 Å². The molecule has 2 aromatic heterocycles. The lowest BCUT2D eigenvalue weighted by Crippen LogP contribution is -2.24. The van der Waals surface area contributed by atoms with Crippen LogP contribution in [0.25, 0.3) is 0 Å². The average molecular weight is 327 g/mol. The molecular formula is C14H13N7OS. The maximum atomic E-state index is 5.35. The summed E-state index contributed by atoms with van der Waals surface area (Å²) in [6.45, 7) is 0.969. The van der Waals surface area contributed by atoms with Crippen LogP contribution in [0.15, 0.2) is 46.8 Å². The number of aromatic nitrogens is 6. The molecule has 9 heteroatoms. The number of nitrogens with zero attached hydrogens (tertiary/aromatic N) is 7. The van der Waals surface area contributed by atoms with Gasteiger partial charge in [0.25, 0.3) is 0 Å². The highest BCUT2D eigenvalue weighted by molar-refractivity contribution is 7.99. The van der Waals surface area contributed by atoms with E-state index in [9.17, 15) is 0 Å². The first kappa shape index (κ1) is 14.1. The van der Waals surface area contributed by atoms with Gasteiger partial charge in [0.05, 0.1) is 12.2 Å². The molecule has 0 fully saturated rings. The number of fused-ring (bicyclic) bond motifs is 2. The molecule has 4 rings (SSSR count). The van der Waals surface area contributed by atoms with E-state index in [0.717, 1.165) is 27.0 Å². The fourth-order valence-corrected chi connectivity index (χ4v) is 3.42. The number of anilines is 2. The normalized spacial score (nSPS) is 12.8. The number of methoxy groups -OCH3 is 1. The van der Waals surface area contributed by atoms with Gasteiger partial charge in [-0.05, 0) is 22.9 Å². The predicted octanol–water partition coefficient (Wildman–Crippen LogP) is 1.72. The number of tetrazole rings is 1. The van der Waals surface area contributed by atoms with Crippen LogP contribution in [-0.4, -0.2) is 44.0 Å². The fraction of sp³-hybridized carbons (Fsp3) is 0.214. The molecule has 3 aromatic rings. The van der Waals surface area contributed by atoms with Gasteiger partial charge in [0.1, 0.15) is 11.8 Å². The molecule has 1 aromatic carbocycles. The van der Waals surface area contributed by atoms with Crippen molar-refractivity contribution in [1.82, 2.24) is 30.2 Å². The lowest BCUT2D eigenvalue weighted by atomic mass is 10.2. The predicted molar refractivity (Wildman–Crippen MR) is 83.5 cm³/mol. The van der Waals surface area contributed by atoms with Gasteiger partial charge in [-0.3, -0.25) is 4.90 Å². The first-order valence-electron chi connectivity index (χ1n) is 6.94. The Balaban J connectivity index is 1.73. The molecule has 8 nitrogen and oxygen atoms in total. The number of hydrogen-bond acceptors (Lipinski definition) is 8. The highest BCUT2D eigenvalue weighted by atomic mass is 32.2. The number of hydrogen-bond donors (Lipinski definition) is 0. The summed E-state index contributed by atoms with van der Waals surface area (Å²) in [5, 5.41) is 12.6. The first-order chi connectivity index (χ1) is 11.3. The van der Waals surface area contributed by atoms with Gasteiger partial charge in [-0.2, -0.15) is 4.80 Å². The van der Waals surface area contributed by atoms with Gasteiger partial charge < -0.3 is 4.74 Å². The molecule has 3 heterocycles. The summed E-state index contributed by atoms with van der Waals surface area (Å²) in [6, 6.07) is 6.23. The van der Waals surface area contributed by atoms with E-state index >= 15 is 0 Å². The average Bonchev–Trinajstić information content (AvgIpc) is 3.08. The summed E-state index contributed by atoms with van der Waals surface area (Å²) in [4.78, 5) is 13.5. The molecule has 0 bridgehead atoms. The lowest BCUT2D eigenvalue weighted by molar-refractivity contribution is 0.204. The zero-order valence-electron chi connectivity index (χ0n) is 12.3. The Hall–Kier alpha value is -2.52. The quantitative estimate of drug-likeness (QED) is 0.716. The third-order valence-electron chi connectivity index (χ3n) is 3.40. The van der Waals surface area contributed by atoms with E-state index in [-0.39, 0.29) is 0 Å². The summed E-state index contributed by atoms with van der Waals surface area (Å²) in [5.74, 6) is 0.808. The molecule has 0 saturated carbocycles. The highest BCUT2D eigenvalue weighted by Crippen LogP contribution is 2.46. The minimum absolute atomic E-state index is 0.407. The van der Waals surface area contributed by atoms with Crippen LogP contribution in [0.3, 0.4) is 0 Å². The summed E-state index contributed by atoms with van der Waals surface area (Å²) >= 11 is 1.61. The molecule has 23 heavy (non-hydrogen) atoms. The number of ether oxygens (including phenoxy) is 1. The second-order valence-electron chi connectivity index (χ2n) is 4.90.